The summed E-state index contributed by atoms with van der Waals surface area (Å²) in [4.78, 5) is 25.9. The lowest BCUT2D eigenvalue weighted by Crippen LogP contribution is -2.28. The highest BCUT2D eigenvalue weighted by atomic mass is 35.5. The molecule has 7 heteroatoms. The van der Waals surface area contributed by atoms with Crippen LogP contribution >= 0.6 is 34.7 Å². The fourth-order valence-corrected chi connectivity index (χ4v) is 3.60. The molecule has 0 spiro atoms. The van der Waals surface area contributed by atoms with Crippen LogP contribution < -0.4 is 0 Å². The van der Waals surface area contributed by atoms with Crippen LogP contribution in [-0.2, 0) is 20.9 Å². The Balaban J connectivity index is 2.30. The number of ether oxygens (including phenoxy) is 1. The summed E-state index contributed by atoms with van der Waals surface area (Å²) in [6.45, 7) is 2.35. The highest BCUT2D eigenvalue weighted by Gasteiger charge is 2.15. The van der Waals surface area contributed by atoms with Gasteiger partial charge in [0.2, 0.25) is 5.91 Å². The molecular weight excluding hydrogens is 318 g/mol. The molecule has 1 aromatic heterocycles. The van der Waals surface area contributed by atoms with Crippen molar-refractivity contribution in [3.63, 3.8) is 0 Å². The quantitative estimate of drug-likeness (QED) is 0.719. The topological polar surface area (TPSA) is 46.6 Å². The molecule has 0 aromatic carbocycles. The van der Waals surface area contributed by atoms with Gasteiger partial charge in [0.05, 0.1) is 29.7 Å². The van der Waals surface area contributed by atoms with Gasteiger partial charge in [0.25, 0.3) is 0 Å². The van der Waals surface area contributed by atoms with Gasteiger partial charge in [0.1, 0.15) is 0 Å². The summed E-state index contributed by atoms with van der Waals surface area (Å²) in [5.74, 6) is 0.538. The molecule has 0 saturated carbocycles. The van der Waals surface area contributed by atoms with Gasteiger partial charge in [-0.15, -0.1) is 11.3 Å². The van der Waals surface area contributed by atoms with Crippen LogP contribution in [0.2, 0.25) is 4.34 Å². The zero-order valence-electron chi connectivity index (χ0n) is 11.7. The number of carbonyl (C=O) groups is 2. The highest BCUT2D eigenvalue weighted by Crippen LogP contribution is 2.22. The second-order valence-corrected chi connectivity index (χ2v) is 7.22. The maximum atomic E-state index is 11.9. The fourth-order valence-electron chi connectivity index (χ4n) is 1.46. The summed E-state index contributed by atoms with van der Waals surface area (Å²) in [6.07, 6.45) is 0. The number of nitrogens with zero attached hydrogens (tertiary/aromatic N) is 1. The predicted molar refractivity (Wildman–Crippen MR) is 84.3 cm³/mol. The maximum Gasteiger partial charge on any atom is 0.309 e. The average molecular weight is 336 g/mol. The number of carbonyl (C=O) groups excluding carboxylic acids is 2. The number of hydrogen-bond acceptors (Lipinski definition) is 5. The molecule has 4 nitrogen and oxygen atoms in total. The summed E-state index contributed by atoms with van der Waals surface area (Å²) in [5, 5.41) is 0. The molecule has 1 heterocycles. The predicted octanol–water partition coefficient (Wildman–Crippen LogP) is 2.90. The van der Waals surface area contributed by atoms with E-state index in [2.05, 4.69) is 4.74 Å². The Morgan fingerprint density at radius 2 is 2.20 bits per heavy atom. The van der Waals surface area contributed by atoms with Gasteiger partial charge in [0, 0.05) is 17.7 Å². The molecule has 1 rings (SSSR count). The van der Waals surface area contributed by atoms with E-state index in [9.17, 15) is 9.59 Å². The van der Waals surface area contributed by atoms with Crippen LogP contribution in [0.25, 0.3) is 0 Å². The van der Waals surface area contributed by atoms with Gasteiger partial charge in [-0.1, -0.05) is 18.5 Å². The Hall–Kier alpha value is -0.720. The van der Waals surface area contributed by atoms with E-state index in [4.69, 9.17) is 11.6 Å². The van der Waals surface area contributed by atoms with Crippen LogP contribution in [0.4, 0.5) is 0 Å². The number of thiophene rings is 1. The minimum absolute atomic E-state index is 0.0385. The molecule has 112 valence electrons. The van der Waals surface area contributed by atoms with Gasteiger partial charge in [-0.2, -0.15) is 11.8 Å². The Bertz CT molecular complexity index is 464. The number of hydrogen-bond donors (Lipinski definition) is 0. The molecule has 1 unspecified atom stereocenters. The van der Waals surface area contributed by atoms with Gasteiger partial charge in [-0.05, 0) is 12.1 Å². The van der Waals surface area contributed by atoms with E-state index >= 15 is 0 Å². The minimum atomic E-state index is -0.244. The van der Waals surface area contributed by atoms with E-state index in [1.807, 2.05) is 12.1 Å². The molecule has 1 amide bonds. The van der Waals surface area contributed by atoms with E-state index < -0.39 is 0 Å². The second kappa shape index (κ2) is 8.54. The number of thioether (sulfide) groups is 1. The average Bonchev–Trinajstić information content (AvgIpc) is 2.82. The maximum absolute atomic E-state index is 11.9. The summed E-state index contributed by atoms with van der Waals surface area (Å²) >= 11 is 8.77. The van der Waals surface area contributed by atoms with Crippen molar-refractivity contribution in [2.24, 2.45) is 5.92 Å². The van der Waals surface area contributed by atoms with E-state index in [1.165, 1.54) is 30.2 Å². The van der Waals surface area contributed by atoms with E-state index in [-0.39, 0.29) is 17.8 Å². The molecule has 20 heavy (non-hydrogen) atoms. The van der Waals surface area contributed by atoms with Crippen molar-refractivity contribution in [2.45, 2.75) is 13.5 Å². The lowest BCUT2D eigenvalue weighted by Gasteiger charge is -2.16. The van der Waals surface area contributed by atoms with Crippen molar-refractivity contribution in [1.82, 2.24) is 4.90 Å². The first-order valence-electron chi connectivity index (χ1n) is 6.07. The van der Waals surface area contributed by atoms with Crippen molar-refractivity contribution >= 4 is 46.6 Å². The molecule has 0 saturated heterocycles. The summed E-state index contributed by atoms with van der Waals surface area (Å²) in [5.41, 5.74) is 0. The third-order valence-corrected chi connectivity index (χ3v) is 5.05. The molecule has 1 atom stereocenters. The van der Waals surface area contributed by atoms with Gasteiger partial charge < -0.3 is 9.64 Å². The van der Waals surface area contributed by atoms with Crippen LogP contribution in [0.15, 0.2) is 12.1 Å². The monoisotopic (exact) mass is 335 g/mol. The molecule has 0 aliphatic carbocycles. The van der Waals surface area contributed by atoms with E-state index in [0.29, 0.717) is 18.1 Å². The van der Waals surface area contributed by atoms with Crippen molar-refractivity contribution in [3.8, 4) is 0 Å². The first-order valence-corrected chi connectivity index (χ1v) is 8.42. The summed E-state index contributed by atoms with van der Waals surface area (Å²) < 4.78 is 5.36. The third kappa shape index (κ3) is 5.73. The Kier molecular flexibility index (Phi) is 7.40. The largest absolute Gasteiger partial charge is 0.469 e. The molecule has 0 N–H and O–H groups in total. The molecule has 0 fully saturated rings. The normalized spacial score (nSPS) is 12.0. The highest BCUT2D eigenvalue weighted by molar-refractivity contribution is 7.99. The van der Waals surface area contributed by atoms with Crippen molar-refractivity contribution in [3.05, 3.63) is 21.3 Å². The van der Waals surface area contributed by atoms with Crippen LogP contribution in [0.3, 0.4) is 0 Å². The molecule has 1 aromatic rings. The van der Waals surface area contributed by atoms with Crippen molar-refractivity contribution in [1.29, 1.82) is 0 Å². The summed E-state index contributed by atoms with van der Waals surface area (Å²) in [7, 11) is 3.13. The number of esters is 1. The Morgan fingerprint density at radius 1 is 1.50 bits per heavy atom. The molecule has 0 aliphatic heterocycles. The minimum Gasteiger partial charge on any atom is -0.469 e. The summed E-state index contributed by atoms with van der Waals surface area (Å²) in [6, 6.07) is 3.75. The third-order valence-electron chi connectivity index (χ3n) is 2.64. The van der Waals surface area contributed by atoms with Gasteiger partial charge in [0.15, 0.2) is 0 Å². The van der Waals surface area contributed by atoms with Crippen molar-refractivity contribution < 1.29 is 14.3 Å². The molecular formula is C13H18ClNO3S2. The Labute approximate surface area is 132 Å². The van der Waals surface area contributed by atoms with Gasteiger partial charge in [-0.3, -0.25) is 9.59 Å². The fraction of sp³-hybridized carbons (Fsp3) is 0.538. The number of methoxy groups -OCH3 is 1. The zero-order chi connectivity index (χ0) is 15.1. The smallest absolute Gasteiger partial charge is 0.309 e. The van der Waals surface area contributed by atoms with Gasteiger partial charge >= 0.3 is 5.97 Å². The molecule has 0 bridgehead atoms. The van der Waals surface area contributed by atoms with E-state index in [1.54, 1.807) is 18.9 Å². The lowest BCUT2D eigenvalue weighted by molar-refractivity contribution is -0.144. The first kappa shape index (κ1) is 17.3. The van der Waals surface area contributed by atoms with Crippen LogP contribution in [0.5, 0.6) is 0 Å². The molecule has 0 radical (unpaired) electrons. The van der Waals surface area contributed by atoms with Crippen molar-refractivity contribution in [2.75, 3.05) is 25.7 Å². The SMILES string of the molecule is COC(=O)C(C)CSCC(=O)N(C)Cc1ccc(Cl)s1. The lowest BCUT2D eigenvalue weighted by atomic mass is 10.2. The standard InChI is InChI=1S/C13H18ClNO3S2/c1-9(13(17)18-3)7-19-8-12(16)15(2)6-10-4-5-11(14)20-10/h4-5,9H,6-8H2,1-3H3. The molecule has 0 aliphatic rings. The number of amides is 1. The van der Waals surface area contributed by atoms with E-state index in [0.717, 1.165) is 9.21 Å². The number of rotatable bonds is 7. The number of halogens is 1. The van der Waals surface area contributed by atoms with Crippen LogP contribution in [-0.4, -0.2) is 42.4 Å². The van der Waals surface area contributed by atoms with Crippen LogP contribution in [0, 0.1) is 5.92 Å². The zero-order valence-corrected chi connectivity index (χ0v) is 14.1. The Morgan fingerprint density at radius 3 is 2.75 bits per heavy atom. The van der Waals surface area contributed by atoms with Gasteiger partial charge in [-0.25, -0.2) is 0 Å². The second-order valence-electron chi connectivity index (χ2n) is 4.39. The van der Waals surface area contributed by atoms with Crippen LogP contribution in [0.1, 0.15) is 11.8 Å². The first-order chi connectivity index (χ1) is 9.43.